The van der Waals surface area contributed by atoms with Crippen LogP contribution in [0.3, 0.4) is 0 Å². The molecule has 31 heavy (non-hydrogen) atoms. The zero-order valence-electron chi connectivity index (χ0n) is 18.4. The second kappa shape index (κ2) is 9.04. The van der Waals surface area contributed by atoms with Gasteiger partial charge >= 0.3 is 5.69 Å². The average Bonchev–Trinajstić information content (AvgIpc) is 3.12. The number of anilines is 1. The second-order valence-corrected chi connectivity index (χ2v) is 8.65. The van der Waals surface area contributed by atoms with Crippen LogP contribution in [0.4, 0.5) is 10.3 Å². The summed E-state index contributed by atoms with van der Waals surface area (Å²) in [7, 11) is 0. The number of rotatable bonds is 6. The first kappa shape index (κ1) is 21.3. The summed E-state index contributed by atoms with van der Waals surface area (Å²) in [6.45, 7) is 6.18. The zero-order chi connectivity index (χ0) is 22.0. The molecular formula is C24H30FN5O. The van der Waals surface area contributed by atoms with E-state index in [4.69, 9.17) is 4.98 Å². The molecule has 1 fully saturated rings. The predicted octanol–water partition coefficient (Wildman–Crippen LogP) is 5.20. The Hall–Kier alpha value is -2.96. The molecule has 0 amide bonds. The van der Waals surface area contributed by atoms with Gasteiger partial charge in [0.25, 0.3) is 0 Å². The van der Waals surface area contributed by atoms with Gasteiger partial charge in [-0.1, -0.05) is 13.3 Å². The fourth-order valence-corrected chi connectivity index (χ4v) is 4.32. The highest BCUT2D eigenvalue weighted by atomic mass is 19.1. The Bertz CT molecular complexity index is 1080. The van der Waals surface area contributed by atoms with Crippen LogP contribution in [0.2, 0.25) is 0 Å². The lowest BCUT2D eigenvalue weighted by atomic mass is 9.85. The monoisotopic (exact) mass is 423 g/mol. The minimum Gasteiger partial charge on any atom is -0.351 e. The van der Waals surface area contributed by atoms with E-state index in [9.17, 15) is 9.18 Å². The third-order valence-corrected chi connectivity index (χ3v) is 6.23. The van der Waals surface area contributed by atoms with Crippen LogP contribution in [0, 0.1) is 11.7 Å². The van der Waals surface area contributed by atoms with Crippen molar-refractivity contribution in [2.45, 2.75) is 65.0 Å². The van der Waals surface area contributed by atoms with E-state index in [1.807, 2.05) is 20.0 Å². The molecule has 1 aliphatic rings. The SMILES string of the molecule is CCC1CCC(Nc2nccc(-c3cn(C(C)C)c(=O)n3-c3ccc(F)cc3)n2)CC1. The van der Waals surface area contributed by atoms with Gasteiger partial charge in [-0.05, 0) is 75.8 Å². The lowest BCUT2D eigenvalue weighted by molar-refractivity contribution is 0.329. The van der Waals surface area contributed by atoms with Gasteiger partial charge in [0.1, 0.15) is 5.82 Å². The topological polar surface area (TPSA) is 64.7 Å². The Morgan fingerprint density at radius 3 is 2.48 bits per heavy atom. The molecule has 1 aliphatic carbocycles. The Morgan fingerprint density at radius 2 is 1.84 bits per heavy atom. The second-order valence-electron chi connectivity index (χ2n) is 8.65. The number of aromatic nitrogens is 4. The summed E-state index contributed by atoms with van der Waals surface area (Å²) in [5.41, 5.74) is 1.74. The van der Waals surface area contributed by atoms with Gasteiger partial charge in [0.2, 0.25) is 5.95 Å². The number of hydrogen-bond donors (Lipinski definition) is 1. The highest BCUT2D eigenvalue weighted by molar-refractivity contribution is 5.59. The Labute approximate surface area is 182 Å². The lowest BCUT2D eigenvalue weighted by Gasteiger charge is -2.28. The minimum atomic E-state index is -0.340. The van der Waals surface area contributed by atoms with Crippen LogP contribution in [0.5, 0.6) is 0 Å². The molecule has 164 valence electrons. The maximum Gasteiger partial charge on any atom is 0.333 e. The van der Waals surface area contributed by atoms with Crippen LogP contribution < -0.4 is 11.0 Å². The summed E-state index contributed by atoms with van der Waals surface area (Å²) in [6, 6.07) is 8.10. The van der Waals surface area contributed by atoms with E-state index in [0.29, 0.717) is 29.1 Å². The average molecular weight is 424 g/mol. The van der Waals surface area contributed by atoms with E-state index in [1.54, 1.807) is 33.5 Å². The van der Waals surface area contributed by atoms with Gasteiger partial charge in [0.15, 0.2) is 0 Å². The van der Waals surface area contributed by atoms with Crippen LogP contribution in [0.25, 0.3) is 17.1 Å². The number of halogens is 1. The summed E-state index contributed by atoms with van der Waals surface area (Å²) < 4.78 is 16.7. The maximum atomic E-state index is 13.5. The van der Waals surface area contributed by atoms with Crippen molar-refractivity contribution < 1.29 is 4.39 Å². The smallest absolute Gasteiger partial charge is 0.333 e. The number of hydrogen-bond acceptors (Lipinski definition) is 4. The predicted molar refractivity (Wildman–Crippen MR) is 121 cm³/mol. The lowest BCUT2D eigenvalue weighted by Crippen LogP contribution is -2.27. The molecule has 7 heteroatoms. The van der Waals surface area contributed by atoms with Gasteiger partial charge < -0.3 is 5.32 Å². The van der Waals surface area contributed by atoms with Crippen LogP contribution in [-0.4, -0.2) is 25.1 Å². The molecule has 4 rings (SSSR count). The Balaban J connectivity index is 1.68. The molecule has 1 aromatic carbocycles. The van der Waals surface area contributed by atoms with Gasteiger partial charge in [0.05, 0.1) is 17.1 Å². The van der Waals surface area contributed by atoms with Gasteiger partial charge in [0, 0.05) is 24.5 Å². The van der Waals surface area contributed by atoms with Crippen LogP contribution in [0.1, 0.15) is 58.9 Å². The van der Waals surface area contributed by atoms with Gasteiger partial charge in [-0.25, -0.2) is 19.2 Å². The van der Waals surface area contributed by atoms with Crippen LogP contribution >= 0.6 is 0 Å². The van der Waals surface area contributed by atoms with Crippen LogP contribution in [0.15, 0.2) is 47.5 Å². The molecule has 3 aromatic rings. The zero-order valence-corrected chi connectivity index (χ0v) is 18.4. The third kappa shape index (κ3) is 4.55. The van der Waals surface area contributed by atoms with E-state index in [2.05, 4.69) is 17.2 Å². The number of nitrogens with one attached hydrogen (secondary N) is 1. The first-order chi connectivity index (χ1) is 15.0. The maximum absolute atomic E-state index is 13.5. The largest absolute Gasteiger partial charge is 0.351 e. The first-order valence-electron chi connectivity index (χ1n) is 11.2. The van der Waals surface area contributed by atoms with Gasteiger partial charge in [-0.3, -0.25) is 9.13 Å². The third-order valence-electron chi connectivity index (χ3n) is 6.23. The summed E-state index contributed by atoms with van der Waals surface area (Å²) in [5, 5.41) is 3.48. The Morgan fingerprint density at radius 1 is 1.13 bits per heavy atom. The van der Waals surface area contributed by atoms with E-state index >= 15 is 0 Å². The summed E-state index contributed by atoms with van der Waals surface area (Å²) in [4.78, 5) is 22.3. The molecular weight excluding hydrogens is 393 g/mol. The normalized spacial score (nSPS) is 19.0. The highest BCUT2D eigenvalue weighted by Gasteiger charge is 2.21. The van der Waals surface area contributed by atoms with E-state index in [0.717, 1.165) is 18.8 Å². The molecule has 0 spiro atoms. The van der Waals surface area contributed by atoms with E-state index in [1.165, 1.54) is 31.4 Å². The molecule has 0 atom stereocenters. The van der Waals surface area contributed by atoms with Crippen LogP contribution in [-0.2, 0) is 0 Å². The van der Waals surface area contributed by atoms with Crippen molar-refractivity contribution >= 4 is 5.95 Å². The summed E-state index contributed by atoms with van der Waals surface area (Å²) >= 11 is 0. The molecule has 0 radical (unpaired) electrons. The van der Waals surface area contributed by atoms with Crippen molar-refractivity contribution in [3.8, 4) is 17.1 Å². The molecule has 1 N–H and O–H groups in total. The number of imidazole rings is 1. The van der Waals surface area contributed by atoms with Gasteiger partial charge in [-0.2, -0.15) is 0 Å². The Kier molecular flexibility index (Phi) is 6.20. The highest BCUT2D eigenvalue weighted by Crippen LogP contribution is 2.28. The number of benzene rings is 1. The van der Waals surface area contributed by atoms with E-state index < -0.39 is 0 Å². The van der Waals surface area contributed by atoms with Crippen molar-refractivity contribution in [2.75, 3.05) is 5.32 Å². The standard InChI is InChI=1S/C24H30FN5O/c1-4-17-5-9-19(10-6-17)27-23-26-14-13-21(28-23)22-15-29(16(2)3)24(31)30(22)20-11-7-18(25)8-12-20/h7-8,11-17,19H,4-6,9-10H2,1-3H3,(H,26,27,28). The van der Waals surface area contributed by atoms with Crippen molar-refractivity contribution in [2.24, 2.45) is 5.92 Å². The van der Waals surface area contributed by atoms with Crippen molar-refractivity contribution in [3.63, 3.8) is 0 Å². The van der Waals surface area contributed by atoms with E-state index in [-0.39, 0.29) is 17.5 Å². The quantitative estimate of drug-likeness (QED) is 0.592. The molecule has 1 saturated carbocycles. The molecule has 2 aromatic heterocycles. The summed E-state index contributed by atoms with van der Waals surface area (Å²) in [6.07, 6.45) is 9.48. The van der Waals surface area contributed by atoms with Crippen molar-refractivity contribution in [3.05, 3.63) is 59.0 Å². The molecule has 0 saturated heterocycles. The molecule has 0 aliphatic heterocycles. The fraction of sp³-hybridized carbons (Fsp3) is 0.458. The first-order valence-corrected chi connectivity index (χ1v) is 11.2. The molecule has 0 unspecified atom stereocenters. The van der Waals surface area contributed by atoms with Crippen molar-refractivity contribution in [1.29, 1.82) is 0 Å². The molecule has 0 bridgehead atoms. The molecule has 2 heterocycles. The van der Waals surface area contributed by atoms with Crippen molar-refractivity contribution in [1.82, 2.24) is 19.1 Å². The fourth-order valence-electron chi connectivity index (χ4n) is 4.32. The summed E-state index contributed by atoms with van der Waals surface area (Å²) in [5.74, 6) is 1.06. The van der Waals surface area contributed by atoms with Gasteiger partial charge in [-0.15, -0.1) is 0 Å². The minimum absolute atomic E-state index is 0.0128. The number of nitrogens with zero attached hydrogens (tertiary/aromatic N) is 4. The molecule has 6 nitrogen and oxygen atoms in total.